The quantitative estimate of drug-likeness (QED) is 0.840. The number of hydrogen-bond donors (Lipinski definition) is 1. The summed E-state index contributed by atoms with van der Waals surface area (Å²) in [4.78, 5) is 26.6. The first-order valence-corrected chi connectivity index (χ1v) is 7.99. The third-order valence-electron chi connectivity index (χ3n) is 5.12. The molecular weight excluding hydrogens is 252 g/mol. The Morgan fingerprint density at radius 1 is 1.35 bits per heavy atom. The van der Waals surface area contributed by atoms with Crippen molar-refractivity contribution < 1.29 is 9.59 Å². The first-order chi connectivity index (χ1) is 9.38. The van der Waals surface area contributed by atoms with E-state index in [1.54, 1.807) is 0 Å². The Hall–Kier alpha value is -1.06. The second kappa shape index (κ2) is 5.74. The van der Waals surface area contributed by atoms with Crippen LogP contribution in [0.3, 0.4) is 0 Å². The molecule has 0 spiro atoms. The van der Waals surface area contributed by atoms with Gasteiger partial charge < -0.3 is 10.2 Å². The highest BCUT2D eigenvalue weighted by Crippen LogP contribution is 2.45. The Bertz CT molecular complexity index is 382. The van der Waals surface area contributed by atoms with Gasteiger partial charge in [0.2, 0.25) is 11.8 Å². The van der Waals surface area contributed by atoms with E-state index in [0.717, 1.165) is 19.4 Å². The summed E-state index contributed by atoms with van der Waals surface area (Å²) in [5.74, 6) is 0.523. The van der Waals surface area contributed by atoms with Crippen molar-refractivity contribution >= 4 is 11.8 Å². The highest BCUT2D eigenvalue weighted by molar-refractivity contribution is 5.96. The lowest BCUT2D eigenvalue weighted by Gasteiger charge is -2.48. The molecule has 4 nitrogen and oxygen atoms in total. The van der Waals surface area contributed by atoms with E-state index < -0.39 is 0 Å². The van der Waals surface area contributed by atoms with Gasteiger partial charge in [0.05, 0.1) is 0 Å². The van der Waals surface area contributed by atoms with Crippen LogP contribution in [0.5, 0.6) is 0 Å². The highest BCUT2D eigenvalue weighted by atomic mass is 16.2. The van der Waals surface area contributed by atoms with Crippen molar-refractivity contribution in [2.45, 2.75) is 71.9 Å². The first kappa shape index (κ1) is 15.3. The van der Waals surface area contributed by atoms with E-state index in [2.05, 4.69) is 26.1 Å². The molecular formula is C16H28N2O2. The summed E-state index contributed by atoms with van der Waals surface area (Å²) in [5.41, 5.74) is 0.268. The fraction of sp³-hybridized carbons (Fsp3) is 0.875. The normalized spacial score (nSPS) is 29.4. The van der Waals surface area contributed by atoms with Crippen molar-refractivity contribution in [1.29, 1.82) is 0 Å². The monoisotopic (exact) mass is 280 g/mol. The maximum Gasteiger partial charge on any atom is 0.245 e. The number of amides is 2. The van der Waals surface area contributed by atoms with E-state index in [1.807, 2.05) is 11.8 Å². The van der Waals surface area contributed by atoms with Crippen molar-refractivity contribution in [1.82, 2.24) is 10.2 Å². The maximum absolute atomic E-state index is 12.7. The van der Waals surface area contributed by atoms with Crippen LogP contribution in [0.15, 0.2) is 0 Å². The molecule has 2 aliphatic rings. The Morgan fingerprint density at radius 3 is 2.45 bits per heavy atom. The van der Waals surface area contributed by atoms with Crippen LogP contribution in [0.1, 0.15) is 59.8 Å². The minimum absolute atomic E-state index is 0.000765. The Labute approximate surface area is 122 Å². The van der Waals surface area contributed by atoms with E-state index in [-0.39, 0.29) is 29.3 Å². The number of nitrogens with zero attached hydrogens (tertiary/aromatic N) is 1. The fourth-order valence-electron chi connectivity index (χ4n) is 3.39. The number of nitrogens with one attached hydrogen (secondary N) is 1. The zero-order valence-electron chi connectivity index (χ0n) is 13.2. The first-order valence-electron chi connectivity index (χ1n) is 7.99. The predicted octanol–water partition coefficient (Wildman–Crippen LogP) is 2.33. The van der Waals surface area contributed by atoms with Gasteiger partial charge >= 0.3 is 0 Å². The fourth-order valence-corrected chi connectivity index (χ4v) is 3.39. The molecule has 2 fully saturated rings. The number of carbonyl (C=O) groups excluding carboxylic acids is 2. The molecule has 1 saturated heterocycles. The standard InChI is InChI=1S/C16H28N2O2/c1-5-16(7-6-8-16)10-18-12(4)14(19)17-13(15(18)20)9-11(2)3/h11-13H,5-10H2,1-4H3,(H,17,19). The molecule has 0 aromatic heterocycles. The molecule has 1 aliphatic heterocycles. The lowest BCUT2D eigenvalue weighted by atomic mass is 9.66. The molecule has 114 valence electrons. The van der Waals surface area contributed by atoms with E-state index >= 15 is 0 Å². The minimum atomic E-state index is -0.326. The molecule has 4 heteroatoms. The van der Waals surface area contributed by atoms with Crippen LogP contribution in [0.4, 0.5) is 0 Å². The van der Waals surface area contributed by atoms with Crippen molar-refractivity contribution in [3.63, 3.8) is 0 Å². The van der Waals surface area contributed by atoms with Gasteiger partial charge in [-0.1, -0.05) is 27.2 Å². The largest absolute Gasteiger partial charge is 0.343 e. The van der Waals surface area contributed by atoms with Gasteiger partial charge in [-0.25, -0.2) is 0 Å². The van der Waals surface area contributed by atoms with Crippen LogP contribution >= 0.6 is 0 Å². The van der Waals surface area contributed by atoms with Crippen molar-refractivity contribution in [3.8, 4) is 0 Å². The van der Waals surface area contributed by atoms with Crippen LogP contribution in [0.25, 0.3) is 0 Å². The van der Waals surface area contributed by atoms with Gasteiger partial charge in [0.25, 0.3) is 0 Å². The summed E-state index contributed by atoms with van der Waals surface area (Å²) in [6.45, 7) is 8.97. The van der Waals surface area contributed by atoms with Gasteiger partial charge in [-0.15, -0.1) is 0 Å². The van der Waals surface area contributed by atoms with Crippen LogP contribution in [-0.2, 0) is 9.59 Å². The molecule has 2 rings (SSSR count). The van der Waals surface area contributed by atoms with Crippen molar-refractivity contribution in [2.75, 3.05) is 6.54 Å². The van der Waals surface area contributed by atoms with E-state index in [9.17, 15) is 9.59 Å². The highest BCUT2D eigenvalue weighted by Gasteiger charge is 2.44. The second-order valence-electron chi connectivity index (χ2n) is 7.04. The molecule has 0 aromatic carbocycles. The van der Waals surface area contributed by atoms with Crippen molar-refractivity contribution in [2.24, 2.45) is 11.3 Å². The van der Waals surface area contributed by atoms with E-state index in [4.69, 9.17) is 0 Å². The number of rotatable bonds is 5. The number of hydrogen-bond acceptors (Lipinski definition) is 2. The predicted molar refractivity (Wildman–Crippen MR) is 79.1 cm³/mol. The van der Waals surface area contributed by atoms with Crippen LogP contribution in [-0.4, -0.2) is 35.3 Å². The summed E-state index contributed by atoms with van der Waals surface area (Å²) < 4.78 is 0. The van der Waals surface area contributed by atoms with Gasteiger partial charge in [-0.2, -0.15) is 0 Å². The SMILES string of the molecule is CCC1(CN2C(=O)C(CC(C)C)NC(=O)C2C)CCC1. The molecule has 0 aromatic rings. The van der Waals surface area contributed by atoms with Gasteiger partial charge in [0, 0.05) is 6.54 Å². The lowest BCUT2D eigenvalue weighted by molar-refractivity contribution is -0.152. The molecule has 20 heavy (non-hydrogen) atoms. The average Bonchev–Trinajstić information content (AvgIpc) is 2.34. The molecule has 1 aliphatic carbocycles. The molecule has 0 radical (unpaired) electrons. The topological polar surface area (TPSA) is 49.4 Å². The van der Waals surface area contributed by atoms with Gasteiger partial charge in [-0.05, 0) is 43.9 Å². The van der Waals surface area contributed by atoms with Crippen LogP contribution in [0.2, 0.25) is 0 Å². The summed E-state index contributed by atoms with van der Waals surface area (Å²) in [7, 11) is 0. The molecule has 1 saturated carbocycles. The molecule has 1 N–H and O–H groups in total. The number of carbonyl (C=O) groups is 2. The summed E-state index contributed by atoms with van der Waals surface area (Å²) in [6.07, 6.45) is 5.46. The Morgan fingerprint density at radius 2 is 2.00 bits per heavy atom. The van der Waals surface area contributed by atoms with Crippen LogP contribution < -0.4 is 5.32 Å². The van der Waals surface area contributed by atoms with Crippen molar-refractivity contribution in [3.05, 3.63) is 0 Å². The van der Waals surface area contributed by atoms with E-state index in [0.29, 0.717) is 5.92 Å². The third kappa shape index (κ3) is 2.84. The summed E-state index contributed by atoms with van der Waals surface area (Å²) >= 11 is 0. The summed E-state index contributed by atoms with van der Waals surface area (Å²) in [5, 5.41) is 2.89. The molecule has 2 unspecified atom stereocenters. The van der Waals surface area contributed by atoms with Crippen LogP contribution in [0, 0.1) is 11.3 Å². The van der Waals surface area contributed by atoms with Gasteiger partial charge in [0.1, 0.15) is 12.1 Å². The minimum Gasteiger partial charge on any atom is -0.343 e. The molecule has 1 heterocycles. The second-order valence-corrected chi connectivity index (χ2v) is 7.04. The average molecular weight is 280 g/mol. The molecule has 2 amide bonds. The lowest BCUT2D eigenvalue weighted by Crippen LogP contribution is -2.64. The zero-order chi connectivity index (χ0) is 14.9. The van der Waals surface area contributed by atoms with Gasteiger partial charge in [-0.3, -0.25) is 9.59 Å². The Balaban J connectivity index is 2.11. The van der Waals surface area contributed by atoms with E-state index in [1.165, 1.54) is 19.3 Å². The third-order valence-corrected chi connectivity index (χ3v) is 5.12. The zero-order valence-corrected chi connectivity index (χ0v) is 13.2. The molecule has 0 bridgehead atoms. The Kier molecular flexibility index (Phi) is 4.40. The summed E-state index contributed by atoms with van der Waals surface area (Å²) in [6, 6.07) is -0.650. The number of piperazine rings is 1. The maximum atomic E-state index is 12.7. The van der Waals surface area contributed by atoms with Gasteiger partial charge in [0.15, 0.2) is 0 Å². The smallest absolute Gasteiger partial charge is 0.245 e. The molecule has 2 atom stereocenters.